The first-order valence-electron chi connectivity index (χ1n) is 16.9. The average molecular weight is 674 g/mol. The average Bonchev–Trinajstić information content (AvgIpc) is 3.09. The number of rotatable bonds is 19. The molecule has 11 heteroatoms. The number of urea groups is 1. The summed E-state index contributed by atoms with van der Waals surface area (Å²) in [5.41, 5.74) is 8.20. The van der Waals surface area contributed by atoms with E-state index in [0.717, 1.165) is 16.7 Å². The summed E-state index contributed by atoms with van der Waals surface area (Å²) in [6.45, 7) is 5.87. The fraction of sp³-hybridized carbons (Fsp3) is 0.421. The van der Waals surface area contributed by atoms with Crippen LogP contribution in [0.15, 0.2) is 91.0 Å². The van der Waals surface area contributed by atoms with E-state index in [4.69, 9.17) is 10.5 Å². The first-order chi connectivity index (χ1) is 23.5. The number of hydrogen-bond donors (Lipinski definition) is 5. The van der Waals surface area contributed by atoms with E-state index >= 15 is 0 Å². The maximum absolute atomic E-state index is 13.9. The van der Waals surface area contributed by atoms with Crippen molar-refractivity contribution in [3.8, 4) is 0 Å². The standard InChI is InChI=1S/C38H51N5O6/c1-4-14-31(35(39)45)40-36(46)33(23-27(2)3)41-37(47)43(22-21-28-15-8-5-9-16-28)25-34(44)32(24-29-17-10-6-11-18-29)42-38(48)49-26-30-19-12-7-13-20-30/h5-13,15-20,27,31-34,44H,4,14,21-26H2,1-3H3,(H2,39,45)(H,40,46)(H,41,47)(H,42,48)/t31-,32-,33-,34+/m0/s1. The quantitative estimate of drug-likeness (QED) is 0.127. The number of carbonyl (C=O) groups is 4. The Balaban J connectivity index is 1.81. The second kappa shape index (κ2) is 20.5. The van der Waals surface area contributed by atoms with E-state index in [1.165, 1.54) is 4.90 Å². The number of ether oxygens (including phenoxy) is 1. The zero-order chi connectivity index (χ0) is 35.6. The van der Waals surface area contributed by atoms with Crippen molar-refractivity contribution in [2.75, 3.05) is 13.1 Å². The second-order valence-electron chi connectivity index (χ2n) is 12.6. The first-order valence-corrected chi connectivity index (χ1v) is 16.9. The van der Waals surface area contributed by atoms with E-state index < -0.39 is 48.2 Å². The van der Waals surface area contributed by atoms with Gasteiger partial charge < -0.3 is 36.4 Å². The summed E-state index contributed by atoms with van der Waals surface area (Å²) < 4.78 is 5.45. The van der Waals surface area contributed by atoms with Crippen LogP contribution in [0.3, 0.4) is 0 Å². The fourth-order valence-corrected chi connectivity index (χ4v) is 5.39. The molecular weight excluding hydrogens is 622 g/mol. The Bertz CT molecular complexity index is 1440. The van der Waals surface area contributed by atoms with Gasteiger partial charge in [-0.3, -0.25) is 9.59 Å². The summed E-state index contributed by atoms with van der Waals surface area (Å²) in [7, 11) is 0. The number of primary amides is 1. The molecule has 0 bridgehead atoms. The van der Waals surface area contributed by atoms with Gasteiger partial charge in [0.2, 0.25) is 11.8 Å². The van der Waals surface area contributed by atoms with Gasteiger partial charge in [0.15, 0.2) is 0 Å². The van der Waals surface area contributed by atoms with Crippen molar-refractivity contribution in [3.05, 3.63) is 108 Å². The third kappa shape index (κ3) is 14.0. The lowest BCUT2D eigenvalue weighted by Gasteiger charge is -2.32. The molecule has 0 spiro atoms. The molecule has 0 saturated heterocycles. The predicted octanol–water partition coefficient (Wildman–Crippen LogP) is 4.32. The maximum Gasteiger partial charge on any atom is 0.407 e. The first kappa shape index (κ1) is 38.5. The Morgan fingerprint density at radius 3 is 1.92 bits per heavy atom. The van der Waals surface area contributed by atoms with Gasteiger partial charge in [-0.1, -0.05) is 118 Å². The maximum atomic E-state index is 13.9. The summed E-state index contributed by atoms with van der Waals surface area (Å²) in [5.74, 6) is -1.11. The van der Waals surface area contributed by atoms with Gasteiger partial charge in [-0.2, -0.15) is 0 Å². The van der Waals surface area contributed by atoms with Crippen LogP contribution in [0.25, 0.3) is 0 Å². The number of hydrogen-bond acceptors (Lipinski definition) is 6. The minimum Gasteiger partial charge on any atom is -0.445 e. The summed E-state index contributed by atoms with van der Waals surface area (Å²) in [5, 5.41) is 20.0. The van der Waals surface area contributed by atoms with Crippen LogP contribution in [0.4, 0.5) is 9.59 Å². The number of benzene rings is 3. The number of alkyl carbamates (subject to hydrolysis) is 1. The van der Waals surface area contributed by atoms with Crippen LogP contribution in [-0.4, -0.2) is 71.3 Å². The molecule has 0 fully saturated rings. The van der Waals surface area contributed by atoms with Gasteiger partial charge in [-0.05, 0) is 48.3 Å². The van der Waals surface area contributed by atoms with E-state index in [1.54, 1.807) is 0 Å². The van der Waals surface area contributed by atoms with Crippen molar-refractivity contribution in [1.29, 1.82) is 0 Å². The SMILES string of the molecule is CCC[C@H](NC(=O)[C@H](CC(C)C)NC(=O)N(CCc1ccccc1)C[C@@H](O)[C@H](Cc1ccccc1)NC(=O)OCc1ccccc1)C(N)=O. The highest BCUT2D eigenvalue weighted by Gasteiger charge is 2.30. The Morgan fingerprint density at radius 1 is 0.796 bits per heavy atom. The molecule has 4 atom stereocenters. The zero-order valence-electron chi connectivity index (χ0n) is 28.7. The Morgan fingerprint density at radius 2 is 1.37 bits per heavy atom. The Hall–Kier alpha value is -4.90. The van der Waals surface area contributed by atoms with Gasteiger partial charge in [-0.15, -0.1) is 0 Å². The number of aliphatic hydroxyl groups is 1. The summed E-state index contributed by atoms with van der Waals surface area (Å²) in [4.78, 5) is 53.6. The predicted molar refractivity (Wildman–Crippen MR) is 189 cm³/mol. The highest BCUT2D eigenvalue weighted by molar-refractivity contribution is 5.91. The van der Waals surface area contributed by atoms with E-state index in [0.29, 0.717) is 25.7 Å². The molecular formula is C38H51N5O6. The minimum absolute atomic E-state index is 0.0407. The fourth-order valence-electron chi connectivity index (χ4n) is 5.39. The van der Waals surface area contributed by atoms with Crippen LogP contribution in [0.5, 0.6) is 0 Å². The molecule has 0 aliphatic carbocycles. The summed E-state index contributed by atoms with van der Waals surface area (Å²) in [6.07, 6.45) is 0.191. The lowest BCUT2D eigenvalue weighted by molar-refractivity contribution is -0.128. The molecule has 5 amide bonds. The molecule has 0 aliphatic heterocycles. The molecule has 0 radical (unpaired) electrons. The molecule has 0 aliphatic rings. The van der Waals surface area contributed by atoms with Crippen molar-refractivity contribution in [3.63, 3.8) is 0 Å². The van der Waals surface area contributed by atoms with Crippen LogP contribution < -0.4 is 21.7 Å². The molecule has 264 valence electrons. The van der Waals surface area contributed by atoms with Crippen LogP contribution in [0, 0.1) is 5.92 Å². The van der Waals surface area contributed by atoms with Gasteiger partial charge >= 0.3 is 12.1 Å². The number of nitrogens with two attached hydrogens (primary N) is 1. The molecule has 0 unspecified atom stereocenters. The summed E-state index contributed by atoms with van der Waals surface area (Å²) in [6, 6.07) is 25.1. The van der Waals surface area contributed by atoms with Crippen molar-refractivity contribution >= 4 is 23.9 Å². The lowest BCUT2D eigenvalue weighted by Crippen LogP contribution is -2.57. The van der Waals surface area contributed by atoms with Crippen LogP contribution in [0.2, 0.25) is 0 Å². The van der Waals surface area contributed by atoms with Gasteiger partial charge in [0.1, 0.15) is 18.7 Å². The second-order valence-corrected chi connectivity index (χ2v) is 12.6. The molecule has 3 aromatic rings. The van der Waals surface area contributed by atoms with Crippen molar-refractivity contribution in [2.24, 2.45) is 11.7 Å². The Kier molecular flexibility index (Phi) is 16.1. The number of carbonyl (C=O) groups excluding carboxylic acids is 4. The minimum atomic E-state index is -1.20. The highest BCUT2D eigenvalue weighted by Crippen LogP contribution is 2.13. The number of nitrogens with zero attached hydrogens (tertiary/aromatic N) is 1. The largest absolute Gasteiger partial charge is 0.445 e. The van der Waals surface area contributed by atoms with Crippen LogP contribution in [-0.2, 0) is 33.8 Å². The Labute approximate surface area is 289 Å². The number of nitrogens with one attached hydrogen (secondary N) is 3. The molecule has 6 N–H and O–H groups in total. The number of aliphatic hydroxyl groups excluding tert-OH is 1. The molecule has 3 rings (SSSR count). The zero-order valence-corrected chi connectivity index (χ0v) is 28.7. The van der Waals surface area contributed by atoms with Gasteiger partial charge in [0.05, 0.1) is 18.7 Å². The van der Waals surface area contributed by atoms with Crippen molar-refractivity contribution < 1.29 is 29.0 Å². The normalized spacial score (nSPS) is 13.4. The molecule has 0 aromatic heterocycles. The van der Waals surface area contributed by atoms with E-state index in [1.807, 2.05) is 112 Å². The smallest absolute Gasteiger partial charge is 0.407 e. The van der Waals surface area contributed by atoms with Crippen LogP contribution in [0.1, 0.15) is 56.7 Å². The van der Waals surface area contributed by atoms with E-state index in [9.17, 15) is 24.3 Å². The topological polar surface area (TPSA) is 163 Å². The highest BCUT2D eigenvalue weighted by atomic mass is 16.5. The third-order valence-corrected chi connectivity index (χ3v) is 8.05. The molecule has 0 heterocycles. The van der Waals surface area contributed by atoms with Gasteiger partial charge in [0.25, 0.3) is 0 Å². The molecule has 11 nitrogen and oxygen atoms in total. The third-order valence-electron chi connectivity index (χ3n) is 8.05. The van der Waals surface area contributed by atoms with E-state index in [-0.39, 0.29) is 32.0 Å². The van der Waals surface area contributed by atoms with E-state index in [2.05, 4.69) is 16.0 Å². The lowest BCUT2D eigenvalue weighted by atomic mass is 10.0. The molecule has 49 heavy (non-hydrogen) atoms. The van der Waals surface area contributed by atoms with Gasteiger partial charge in [0, 0.05) is 6.54 Å². The monoisotopic (exact) mass is 673 g/mol. The van der Waals surface area contributed by atoms with Crippen LogP contribution >= 0.6 is 0 Å². The molecule has 0 saturated carbocycles. The van der Waals surface area contributed by atoms with Gasteiger partial charge in [-0.25, -0.2) is 9.59 Å². The number of amides is 5. The molecule has 3 aromatic carbocycles. The van der Waals surface area contributed by atoms with Crippen molar-refractivity contribution in [2.45, 2.75) is 83.7 Å². The summed E-state index contributed by atoms with van der Waals surface area (Å²) >= 11 is 0. The van der Waals surface area contributed by atoms with Crippen molar-refractivity contribution in [1.82, 2.24) is 20.9 Å².